The molecule has 0 aliphatic heterocycles. The molecular weight excluding hydrogens is 303 g/mol. The normalized spacial score (nSPS) is 10.9. The molecule has 3 N–H and O–H groups in total. The van der Waals surface area contributed by atoms with E-state index in [1.165, 1.54) is 19.2 Å². The van der Waals surface area contributed by atoms with Crippen LogP contribution >= 0.6 is 0 Å². The van der Waals surface area contributed by atoms with Gasteiger partial charge < -0.3 is 15.4 Å². The molecule has 0 heterocycles. The smallest absolute Gasteiger partial charge is 0.383 e. The SMILES string of the molecule is COCCNC(=O)NC(=O)CNc1ccc(C(F)(F)F)cc1. The number of hydrogen-bond acceptors (Lipinski definition) is 4. The van der Waals surface area contributed by atoms with Gasteiger partial charge in [-0.1, -0.05) is 0 Å². The molecule has 0 bridgehead atoms. The maximum absolute atomic E-state index is 12.4. The second-order valence-electron chi connectivity index (χ2n) is 4.23. The fourth-order valence-corrected chi connectivity index (χ4v) is 1.44. The summed E-state index contributed by atoms with van der Waals surface area (Å²) in [5, 5.41) is 7.06. The van der Waals surface area contributed by atoms with Crippen molar-refractivity contribution in [3.8, 4) is 0 Å². The molecule has 0 radical (unpaired) electrons. The minimum Gasteiger partial charge on any atom is -0.383 e. The van der Waals surface area contributed by atoms with E-state index < -0.39 is 23.7 Å². The number of imide groups is 1. The molecule has 122 valence electrons. The zero-order valence-electron chi connectivity index (χ0n) is 11.8. The standard InChI is InChI=1S/C13H16F3N3O3/c1-22-7-6-17-12(21)19-11(20)8-18-10-4-2-9(3-5-10)13(14,15)16/h2-5,18H,6-8H2,1H3,(H2,17,19,20,21). The van der Waals surface area contributed by atoms with E-state index in [1.54, 1.807) is 0 Å². The Morgan fingerprint density at radius 3 is 2.36 bits per heavy atom. The lowest BCUT2D eigenvalue weighted by molar-refractivity contribution is -0.137. The first-order valence-corrected chi connectivity index (χ1v) is 6.30. The van der Waals surface area contributed by atoms with Gasteiger partial charge in [0.15, 0.2) is 0 Å². The van der Waals surface area contributed by atoms with Crippen molar-refractivity contribution < 1.29 is 27.5 Å². The average molecular weight is 319 g/mol. The Bertz CT molecular complexity index is 503. The lowest BCUT2D eigenvalue weighted by atomic mass is 10.2. The van der Waals surface area contributed by atoms with Crippen LogP contribution in [0.4, 0.5) is 23.7 Å². The quantitative estimate of drug-likeness (QED) is 0.696. The predicted octanol–water partition coefficient (Wildman–Crippen LogP) is 1.59. The summed E-state index contributed by atoms with van der Waals surface area (Å²) in [6, 6.07) is 3.54. The van der Waals surface area contributed by atoms with Crippen molar-refractivity contribution in [1.82, 2.24) is 10.6 Å². The Morgan fingerprint density at radius 1 is 1.18 bits per heavy atom. The predicted molar refractivity (Wildman–Crippen MR) is 73.4 cm³/mol. The van der Waals surface area contributed by atoms with Crippen molar-refractivity contribution in [3.05, 3.63) is 29.8 Å². The number of carbonyl (C=O) groups is 2. The van der Waals surface area contributed by atoms with Gasteiger partial charge in [-0.2, -0.15) is 13.2 Å². The van der Waals surface area contributed by atoms with Crippen LogP contribution in [-0.4, -0.2) is 38.7 Å². The second-order valence-corrected chi connectivity index (χ2v) is 4.23. The maximum Gasteiger partial charge on any atom is 0.416 e. The fourth-order valence-electron chi connectivity index (χ4n) is 1.44. The van der Waals surface area contributed by atoms with Gasteiger partial charge in [0.25, 0.3) is 0 Å². The molecule has 0 saturated carbocycles. The van der Waals surface area contributed by atoms with Crippen LogP contribution in [0.5, 0.6) is 0 Å². The largest absolute Gasteiger partial charge is 0.416 e. The van der Waals surface area contributed by atoms with E-state index in [-0.39, 0.29) is 13.1 Å². The number of benzene rings is 1. The number of rotatable bonds is 6. The third-order valence-corrected chi connectivity index (χ3v) is 2.51. The van der Waals surface area contributed by atoms with Gasteiger partial charge in [-0.25, -0.2) is 4.79 Å². The number of anilines is 1. The van der Waals surface area contributed by atoms with Crippen LogP contribution in [0.1, 0.15) is 5.56 Å². The van der Waals surface area contributed by atoms with E-state index in [2.05, 4.69) is 16.0 Å². The van der Waals surface area contributed by atoms with Gasteiger partial charge in [-0.3, -0.25) is 10.1 Å². The lowest BCUT2D eigenvalue weighted by Gasteiger charge is -2.10. The Balaban J connectivity index is 2.36. The lowest BCUT2D eigenvalue weighted by Crippen LogP contribution is -2.42. The van der Waals surface area contributed by atoms with Crippen LogP contribution < -0.4 is 16.0 Å². The Morgan fingerprint density at radius 2 is 1.82 bits per heavy atom. The van der Waals surface area contributed by atoms with Gasteiger partial charge in [0.2, 0.25) is 5.91 Å². The topological polar surface area (TPSA) is 79.5 Å². The minimum absolute atomic E-state index is 0.247. The van der Waals surface area contributed by atoms with Gasteiger partial charge in [-0.05, 0) is 24.3 Å². The molecule has 0 aliphatic carbocycles. The molecule has 0 spiro atoms. The highest BCUT2D eigenvalue weighted by atomic mass is 19.4. The molecule has 22 heavy (non-hydrogen) atoms. The van der Waals surface area contributed by atoms with E-state index in [4.69, 9.17) is 4.74 Å². The summed E-state index contributed by atoms with van der Waals surface area (Å²) in [6.45, 7) is 0.316. The number of ether oxygens (including phenoxy) is 1. The molecular formula is C13H16F3N3O3. The van der Waals surface area contributed by atoms with Gasteiger partial charge in [-0.15, -0.1) is 0 Å². The second kappa shape index (κ2) is 8.23. The van der Waals surface area contributed by atoms with Crippen molar-refractivity contribution in [2.24, 2.45) is 0 Å². The monoisotopic (exact) mass is 319 g/mol. The number of urea groups is 1. The highest BCUT2D eigenvalue weighted by molar-refractivity contribution is 5.96. The maximum atomic E-state index is 12.4. The first kappa shape index (κ1) is 17.8. The van der Waals surface area contributed by atoms with Gasteiger partial charge in [0.1, 0.15) is 0 Å². The first-order valence-electron chi connectivity index (χ1n) is 6.30. The molecule has 0 saturated heterocycles. The molecule has 1 aromatic carbocycles. The van der Waals surface area contributed by atoms with Crippen LogP contribution in [-0.2, 0) is 15.7 Å². The number of carbonyl (C=O) groups excluding carboxylic acids is 2. The van der Waals surface area contributed by atoms with E-state index in [0.29, 0.717) is 12.3 Å². The van der Waals surface area contributed by atoms with E-state index >= 15 is 0 Å². The van der Waals surface area contributed by atoms with Gasteiger partial charge >= 0.3 is 12.2 Å². The van der Waals surface area contributed by atoms with Crippen molar-refractivity contribution in [3.63, 3.8) is 0 Å². The number of halogens is 3. The number of alkyl halides is 3. The number of hydrogen-bond donors (Lipinski definition) is 3. The van der Waals surface area contributed by atoms with Crippen LogP contribution in [0.2, 0.25) is 0 Å². The van der Waals surface area contributed by atoms with E-state index in [9.17, 15) is 22.8 Å². The molecule has 3 amide bonds. The Labute approximate surface area is 125 Å². The molecule has 0 aromatic heterocycles. The minimum atomic E-state index is -4.41. The molecule has 0 unspecified atom stereocenters. The van der Waals surface area contributed by atoms with E-state index in [1.807, 2.05) is 0 Å². The van der Waals surface area contributed by atoms with Crippen LogP contribution in [0.15, 0.2) is 24.3 Å². The Kier molecular flexibility index (Phi) is 6.64. The highest BCUT2D eigenvalue weighted by Crippen LogP contribution is 2.29. The van der Waals surface area contributed by atoms with Crippen LogP contribution in [0.3, 0.4) is 0 Å². The number of amides is 3. The summed E-state index contributed by atoms with van der Waals surface area (Å²) in [5.74, 6) is -0.616. The van der Waals surface area contributed by atoms with Crippen LogP contribution in [0.25, 0.3) is 0 Å². The third kappa shape index (κ3) is 6.44. The summed E-state index contributed by atoms with van der Waals surface area (Å²) in [7, 11) is 1.47. The number of nitrogens with one attached hydrogen (secondary N) is 3. The number of methoxy groups -OCH3 is 1. The van der Waals surface area contributed by atoms with Crippen molar-refractivity contribution >= 4 is 17.6 Å². The Hall–Kier alpha value is -2.29. The summed E-state index contributed by atoms with van der Waals surface area (Å²) in [5.41, 5.74) is -0.442. The molecule has 6 nitrogen and oxygen atoms in total. The third-order valence-electron chi connectivity index (χ3n) is 2.51. The van der Waals surface area contributed by atoms with Gasteiger partial charge in [0, 0.05) is 19.3 Å². The van der Waals surface area contributed by atoms with Gasteiger partial charge in [0.05, 0.1) is 18.7 Å². The average Bonchev–Trinajstić information content (AvgIpc) is 2.45. The molecule has 1 aromatic rings. The summed E-state index contributed by atoms with van der Waals surface area (Å²) >= 11 is 0. The fraction of sp³-hybridized carbons (Fsp3) is 0.385. The molecule has 0 atom stereocenters. The highest BCUT2D eigenvalue weighted by Gasteiger charge is 2.29. The van der Waals surface area contributed by atoms with E-state index in [0.717, 1.165) is 12.1 Å². The zero-order chi connectivity index (χ0) is 16.6. The molecule has 0 fully saturated rings. The first-order chi connectivity index (χ1) is 10.3. The van der Waals surface area contributed by atoms with Crippen LogP contribution in [0, 0.1) is 0 Å². The van der Waals surface area contributed by atoms with Crippen molar-refractivity contribution in [2.45, 2.75) is 6.18 Å². The zero-order valence-corrected chi connectivity index (χ0v) is 11.8. The van der Waals surface area contributed by atoms with Crippen molar-refractivity contribution in [1.29, 1.82) is 0 Å². The summed E-state index contributed by atoms with van der Waals surface area (Å²) in [6.07, 6.45) is -4.41. The molecule has 1 rings (SSSR count). The summed E-state index contributed by atoms with van der Waals surface area (Å²) in [4.78, 5) is 22.7. The molecule has 9 heteroatoms. The van der Waals surface area contributed by atoms with Crippen molar-refractivity contribution in [2.75, 3.05) is 32.1 Å². The summed E-state index contributed by atoms with van der Waals surface area (Å²) < 4.78 is 41.8. The molecule has 0 aliphatic rings.